The fourth-order valence-electron chi connectivity index (χ4n) is 1.02. The molecule has 0 saturated carbocycles. The van der Waals surface area contributed by atoms with Gasteiger partial charge in [-0.15, -0.1) is 0 Å². The number of hydrogen-bond acceptors (Lipinski definition) is 3. The Balaban J connectivity index is 2.19. The Bertz CT molecular complexity index is 132. The van der Waals surface area contributed by atoms with E-state index in [2.05, 4.69) is 0 Å². The van der Waals surface area contributed by atoms with Crippen LogP contribution in [0.15, 0.2) is 0 Å². The Morgan fingerprint density at radius 2 is 2.30 bits per heavy atom. The highest BCUT2D eigenvalue weighted by Crippen LogP contribution is 2.11. The average molecular weight is 143 g/mol. The summed E-state index contributed by atoms with van der Waals surface area (Å²) >= 11 is 0. The minimum absolute atomic E-state index is 0.0550. The molecule has 1 saturated heterocycles. The third kappa shape index (κ3) is 1.78. The summed E-state index contributed by atoms with van der Waals surface area (Å²) in [6, 6.07) is 0. The van der Waals surface area contributed by atoms with E-state index < -0.39 is 6.23 Å². The molecule has 1 rings (SSSR count). The molecule has 1 heterocycles. The van der Waals surface area contributed by atoms with Gasteiger partial charge < -0.3 is 5.11 Å². The molecule has 10 heavy (non-hydrogen) atoms. The second-order valence-corrected chi connectivity index (χ2v) is 2.78. The van der Waals surface area contributed by atoms with Gasteiger partial charge in [-0.05, 0) is 13.3 Å². The van der Waals surface area contributed by atoms with Gasteiger partial charge in [0.1, 0.15) is 12.0 Å². The van der Waals surface area contributed by atoms with Gasteiger partial charge in [-0.2, -0.15) is 0 Å². The third-order valence-electron chi connectivity index (χ3n) is 1.78. The fourth-order valence-corrected chi connectivity index (χ4v) is 1.02. The van der Waals surface area contributed by atoms with Crippen LogP contribution in [0.4, 0.5) is 0 Å². The van der Waals surface area contributed by atoms with Crippen molar-refractivity contribution in [3.8, 4) is 0 Å². The molecule has 0 radical (unpaired) electrons. The van der Waals surface area contributed by atoms with E-state index in [-0.39, 0.29) is 12.2 Å². The second-order valence-electron chi connectivity index (χ2n) is 2.78. The Labute approximate surface area is 60.6 Å². The zero-order valence-corrected chi connectivity index (χ0v) is 6.21. The first-order chi connectivity index (χ1) is 4.70. The molecule has 0 aromatic rings. The predicted octanol–water partition coefficient (Wildman–Crippen LogP) is -0.0104. The van der Waals surface area contributed by atoms with Crippen molar-refractivity contribution in [2.75, 3.05) is 13.1 Å². The molecule has 58 valence electrons. The van der Waals surface area contributed by atoms with Crippen molar-refractivity contribution < 1.29 is 9.90 Å². The number of likely N-dealkylation sites (tertiary alicyclic amines) is 1. The summed E-state index contributed by atoms with van der Waals surface area (Å²) in [4.78, 5) is 12.4. The molecule has 0 spiro atoms. The van der Waals surface area contributed by atoms with Crippen LogP contribution in [-0.2, 0) is 4.79 Å². The summed E-state index contributed by atoms with van der Waals surface area (Å²) in [6.45, 7) is 3.38. The van der Waals surface area contributed by atoms with Crippen LogP contribution in [-0.4, -0.2) is 35.1 Å². The van der Waals surface area contributed by atoms with E-state index in [4.69, 9.17) is 0 Å². The van der Waals surface area contributed by atoms with Gasteiger partial charge in [-0.3, -0.25) is 9.69 Å². The number of ketones is 1. The molecule has 0 aromatic heterocycles. The predicted molar refractivity (Wildman–Crippen MR) is 37.5 cm³/mol. The smallest absolute Gasteiger partial charge is 0.133 e. The van der Waals surface area contributed by atoms with Gasteiger partial charge in [0.2, 0.25) is 0 Å². The minimum atomic E-state index is -0.522. The van der Waals surface area contributed by atoms with Crippen molar-refractivity contribution in [1.29, 1.82) is 0 Å². The van der Waals surface area contributed by atoms with Crippen LogP contribution in [0.5, 0.6) is 0 Å². The quantitative estimate of drug-likeness (QED) is 0.604. The highest BCUT2D eigenvalue weighted by Gasteiger charge is 2.22. The van der Waals surface area contributed by atoms with Gasteiger partial charge in [-0.25, -0.2) is 0 Å². The summed E-state index contributed by atoms with van der Waals surface area (Å²) in [5.74, 6) is 0.0550. The van der Waals surface area contributed by atoms with Gasteiger partial charge in [-0.1, -0.05) is 0 Å². The third-order valence-corrected chi connectivity index (χ3v) is 1.78. The number of carbonyl (C=O) groups is 1. The summed E-state index contributed by atoms with van der Waals surface area (Å²) in [5.41, 5.74) is 0. The van der Waals surface area contributed by atoms with E-state index >= 15 is 0 Å². The first kappa shape index (κ1) is 7.69. The SMILES string of the molecule is CC(=O)CC(O)N1CCC1. The maximum absolute atomic E-state index is 10.5. The standard InChI is InChI=1S/C7H13NO2/c1-6(9)5-7(10)8-3-2-4-8/h7,10H,2-5H2,1H3. The first-order valence-electron chi connectivity index (χ1n) is 3.61. The number of Topliss-reactive ketones (excluding diaryl/α,β-unsaturated/α-hetero) is 1. The van der Waals surface area contributed by atoms with Crippen molar-refractivity contribution in [3.63, 3.8) is 0 Å². The molecule has 3 nitrogen and oxygen atoms in total. The summed E-state index contributed by atoms with van der Waals surface area (Å²) in [6.07, 6.45) is 0.904. The summed E-state index contributed by atoms with van der Waals surface area (Å²) in [7, 11) is 0. The summed E-state index contributed by atoms with van der Waals surface area (Å²) in [5, 5.41) is 9.24. The van der Waals surface area contributed by atoms with Crippen LogP contribution in [0.3, 0.4) is 0 Å². The largest absolute Gasteiger partial charge is 0.378 e. The van der Waals surface area contributed by atoms with Gasteiger partial charge >= 0.3 is 0 Å². The van der Waals surface area contributed by atoms with Crippen LogP contribution < -0.4 is 0 Å². The number of aliphatic hydroxyl groups is 1. The second kappa shape index (κ2) is 3.12. The molecule has 1 atom stereocenters. The summed E-state index contributed by atoms with van der Waals surface area (Å²) < 4.78 is 0. The molecule has 1 fully saturated rings. The molecular formula is C7H13NO2. The lowest BCUT2D eigenvalue weighted by atomic mass is 10.1. The highest BCUT2D eigenvalue weighted by atomic mass is 16.3. The fraction of sp³-hybridized carbons (Fsp3) is 0.857. The lowest BCUT2D eigenvalue weighted by Crippen LogP contribution is -2.45. The Morgan fingerprint density at radius 3 is 2.60 bits per heavy atom. The molecule has 1 aliphatic heterocycles. The van der Waals surface area contributed by atoms with Crippen LogP contribution in [0.1, 0.15) is 19.8 Å². The Kier molecular flexibility index (Phi) is 2.40. The van der Waals surface area contributed by atoms with Crippen molar-refractivity contribution in [1.82, 2.24) is 4.90 Å². The van der Waals surface area contributed by atoms with Gasteiger partial charge in [0, 0.05) is 19.5 Å². The Morgan fingerprint density at radius 1 is 1.70 bits per heavy atom. The lowest BCUT2D eigenvalue weighted by Gasteiger charge is -2.34. The number of aliphatic hydroxyl groups excluding tert-OH is 1. The molecule has 0 amide bonds. The molecule has 0 aromatic carbocycles. The molecule has 1 N–H and O–H groups in total. The normalized spacial score (nSPS) is 21.8. The van der Waals surface area contributed by atoms with E-state index in [1.807, 2.05) is 4.90 Å². The zero-order chi connectivity index (χ0) is 7.56. The lowest BCUT2D eigenvalue weighted by molar-refractivity contribution is -0.123. The molecular weight excluding hydrogens is 130 g/mol. The highest BCUT2D eigenvalue weighted by molar-refractivity contribution is 5.75. The van der Waals surface area contributed by atoms with Crippen LogP contribution in [0.25, 0.3) is 0 Å². The Hall–Kier alpha value is -0.410. The number of rotatable bonds is 3. The van der Waals surface area contributed by atoms with Gasteiger partial charge in [0.25, 0.3) is 0 Å². The zero-order valence-electron chi connectivity index (χ0n) is 6.21. The van der Waals surface area contributed by atoms with Crippen LogP contribution >= 0.6 is 0 Å². The van der Waals surface area contributed by atoms with E-state index in [0.29, 0.717) is 0 Å². The molecule has 1 unspecified atom stereocenters. The van der Waals surface area contributed by atoms with E-state index in [1.54, 1.807) is 0 Å². The van der Waals surface area contributed by atoms with Crippen molar-refractivity contribution in [3.05, 3.63) is 0 Å². The number of hydrogen-bond donors (Lipinski definition) is 1. The number of nitrogens with zero attached hydrogens (tertiary/aromatic N) is 1. The maximum Gasteiger partial charge on any atom is 0.133 e. The monoisotopic (exact) mass is 143 g/mol. The molecule has 0 aliphatic carbocycles. The van der Waals surface area contributed by atoms with Gasteiger partial charge in [0.05, 0.1) is 0 Å². The van der Waals surface area contributed by atoms with Crippen molar-refractivity contribution >= 4 is 5.78 Å². The van der Waals surface area contributed by atoms with E-state index in [9.17, 15) is 9.90 Å². The average Bonchev–Trinajstić information content (AvgIpc) is 1.55. The van der Waals surface area contributed by atoms with Crippen LogP contribution in [0.2, 0.25) is 0 Å². The van der Waals surface area contributed by atoms with Crippen LogP contribution in [0, 0.1) is 0 Å². The number of carbonyl (C=O) groups excluding carboxylic acids is 1. The maximum atomic E-state index is 10.5. The molecule has 3 heteroatoms. The van der Waals surface area contributed by atoms with E-state index in [1.165, 1.54) is 6.92 Å². The molecule has 1 aliphatic rings. The topological polar surface area (TPSA) is 40.5 Å². The minimum Gasteiger partial charge on any atom is -0.378 e. The van der Waals surface area contributed by atoms with Gasteiger partial charge in [0.15, 0.2) is 0 Å². The first-order valence-corrected chi connectivity index (χ1v) is 3.61. The van der Waals surface area contributed by atoms with Crippen molar-refractivity contribution in [2.45, 2.75) is 26.0 Å². The molecule has 0 bridgehead atoms. The van der Waals surface area contributed by atoms with Crippen molar-refractivity contribution in [2.24, 2.45) is 0 Å². The van der Waals surface area contributed by atoms with E-state index in [0.717, 1.165) is 19.5 Å².